The van der Waals surface area contributed by atoms with Gasteiger partial charge in [0.2, 0.25) is 0 Å². The van der Waals surface area contributed by atoms with Gasteiger partial charge in [-0.25, -0.2) is 9.37 Å². The summed E-state index contributed by atoms with van der Waals surface area (Å²) >= 11 is 0. The van der Waals surface area contributed by atoms with Gasteiger partial charge >= 0.3 is 0 Å². The average molecular weight is 273 g/mol. The van der Waals surface area contributed by atoms with E-state index >= 15 is 0 Å². The van der Waals surface area contributed by atoms with E-state index in [1.807, 2.05) is 0 Å². The minimum Gasteiger partial charge on any atom is -0.330 e. The van der Waals surface area contributed by atoms with Crippen LogP contribution in [0.3, 0.4) is 0 Å². The Balaban J connectivity index is 1.93. The van der Waals surface area contributed by atoms with Crippen LogP contribution < -0.4 is 5.73 Å². The van der Waals surface area contributed by atoms with Gasteiger partial charge in [0.25, 0.3) is 0 Å². The molecule has 0 saturated heterocycles. The summed E-state index contributed by atoms with van der Waals surface area (Å²) in [5.74, 6) is 0.704. The lowest BCUT2D eigenvalue weighted by Gasteiger charge is -2.24. The molecule has 106 valence electrons. The molecule has 0 amide bonds. The molecule has 0 atom stereocenters. The zero-order chi connectivity index (χ0) is 13.9. The van der Waals surface area contributed by atoms with Crippen LogP contribution in [0.2, 0.25) is 0 Å². The van der Waals surface area contributed by atoms with Gasteiger partial charge in [0.1, 0.15) is 11.6 Å². The molecule has 1 heterocycles. The molecule has 1 aliphatic carbocycles. The Bertz CT molecular complexity index is 568. The summed E-state index contributed by atoms with van der Waals surface area (Å²) in [5, 5.41) is 0. The first-order valence-corrected chi connectivity index (χ1v) is 7.31. The first kappa shape index (κ1) is 13.3. The van der Waals surface area contributed by atoms with Crippen molar-refractivity contribution in [3.63, 3.8) is 0 Å². The fourth-order valence-corrected chi connectivity index (χ4v) is 3.02. The van der Waals surface area contributed by atoms with Crippen LogP contribution in [0.15, 0.2) is 30.5 Å². The highest BCUT2D eigenvalue weighted by Crippen LogP contribution is 2.31. The third-order valence-electron chi connectivity index (χ3n) is 4.10. The largest absolute Gasteiger partial charge is 0.330 e. The Labute approximate surface area is 118 Å². The van der Waals surface area contributed by atoms with Gasteiger partial charge in [-0.05, 0) is 37.1 Å². The number of benzene rings is 1. The number of aromatic nitrogens is 2. The average Bonchev–Trinajstić information content (AvgIpc) is 2.93. The van der Waals surface area contributed by atoms with E-state index in [0.717, 1.165) is 17.1 Å². The zero-order valence-electron chi connectivity index (χ0n) is 11.6. The summed E-state index contributed by atoms with van der Waals surface area (Å²) in [6, 6.07) is 6.99. The molecule has 0 radical (unpaired) electrons. The number of imidazole rings is 1. The van der Waals surface area contributed by atoms with E-state index in [2.05, 4.69) is 15.7 Å². The first-order chi connectivity index (χ1) is 9.78. The third kappa shape index (κ3) is 2.61. The number of hydrogen-bond acceptors (Lipinski definition) is 2. The Morgan fingerprint density at radius 1 is 1.15 bits per heavy atom. The summed E-state index contributed by atoms with van der Waals surface area (Å²) < 4.78 is 15.2. The molecule has 0 bridgehead atoms. The van der Waals surface area contributed by atoms with Crippen molar-refractivity contribution in [1.82, 2.24) is 9.55 Å². The summed E-state index contributed by atoms with van der Waals surface area (Å²) in [5.41, 5.74) is 7.66. The van der Waals surface area contributed by atoms with E-state index in [0.29, 0.717) is 12.6 Å². The Hall–Kier alpha value is -1.68. The molecule has 0 spiro atoms. The van der Waals surface area contributed by atoms with Crippen LogP contribution in [-0.2, 0) is 6.54 Å². The van der Waals surface area contributed by atoms with Crippen molar-refractivity contribution in [1.29, 1.82) is 0 Å². The highest BCUT2D eigenvalue weighted by Gasteiger charge is 2.19. The van der Waals surface area contributed by atoms with E-state index in [1.54, 1.807) is 12.1 Å². The molecule has 3 nitrogen and oxygen atoms in total. The van der Waals surface area contributed by atoms with Crippen molar-refractivity contribution < 1.29 is 4.39 Å². The summed E-state index contributed by atoms with van der Waals surface area (Å²) in [6.45, 7) is 0.442. The molecular weight excluding hydrogens is 253 g/mol. The van der Waals surface area contributed by atoms with Gasteiger partial charge in [-0.3, -0.25) is 0 Å². The molecule has 1 aliphatic rings. The molecule has 20 heavy (non-hydrogen) atoms. The molecule has 0 unspecified atom stereocenters. The van der Waals surface area contributed by atoms with Crippen LogP contribution in [0.4, 0.5) is 4.39 Å². The zero-order valence-corrected chi connectivity index (χ0v) is 11.6. The van der Waals surface area contributed by atoms with Gasteiger partial charge in [0.05, 0.1) is 12.2 Å². The lowest BCUT2D eigenvalue weighted by molar-refractivity contribution is 0.346. The number of nitrogens with two attached hydrogens (primary N) is 1. The van der Waals surface area contributed by atoms with Gasteiger partial charge in [-0.2, -0.15) is 0 Å². The highest BCUT2D eigenvalue weighted by atomic mass is 19.1. The third-order valence-corrected chi connectivity index (χ3v) is 4.10. The van der Waals surface area contributed by atoms with E-state index in [1.165, 1.54) is 44.2 Å². The number of nitrogens with zero attached hydrogens (tertiary/aromatic N) is 2. The lowest BCUT2D eigenvalue weighted by atomic mass is 9.95. The highest BCUT2D eigenvalue weighted by molar-refractivity contribution is 5.58. The minimum absolute atomic E-state index is 0.223. The predicted octanol–water partition coefficient (Wildman–Crippen LogP) is 3.65. The Morgan fingerprint density at radius 3 is 2.50 bits per heavy atom. The predicted molar refractivity (Wildman–Crippen MR) is 77.6 cm³/mol. The SMILES string of the molecule is NCc1nc(-c2ccc(F)cc2)cn1C1CCCCC1. The van der Waals surface area contributed by atoms with Gasteiger partial charge in [-0.15, -0.1) is 0 Å². The number of hydrogen-bond donors (Lipinski definition) is 1. The molecule has 4 heteroatoms. The number of rotatable bonds is 3. The topological polar surface area (TPSA) is 43.8 Å². The molecule has 3 rings (SSSR count). The first-order valence-electron chi connectivity index (χ1n) is 7.31. The molecule has 1 aromatic heterocycles. The quantitative estimate of drug-likeness (QED) is 0.927. The maximum absolute atomic E-state index is 13.0. The summed E-state index contributed by atoms with van der Waals surface area (Å²) in [6.07, 6.45) is 8.36. The van der Waals surface area contributed by atoms with Crippen LogP contribution in [0.25, 0.3) is 11.3 Å². The van der Waals surface area contributed by atoms with E-state index in [9.17, 15) is 4.39 Å². The Morgan fingerprint density at radius 2 is 1.85 bits per heavy atom. The smallest absolute Gasteiger partial charge is 0.123 e. The maximum Gasteiger partial charge on any atom is 0.123 e. The molecular formula is C16H20FN3. The van der Waals surface area contributed by atoms with Crippen LogP contribution in [-0.4, -0.2) is 9.55 Å². The van der Waals surface area contributed by atoms with Crippen LogP contribution in [0.5, 0.6) is 0 Å². The summed E-state index contributed by atoms with van der Waals surface area (Å²) in [4.78, 5) is 4.62. The van der Waals surface area contributed by atoms with E-state index in [4.69, 9.17) is 5.73 Å². The van der Waals surface area contributed by atoms with Crippen molar-refractivity contribution in [2.24, 2.45) is 5.73 Å². The number of halogens is 1. The summed E-state index contributed by atoms with van der Waals surface area (Å²) in [7, 11) is 0. The second-order valence-electron chi connectivity index (χ2n) is 5.45. The van der Waals surface area contributed by atoms with Gasteiger partial charge in [0.15, 0.2) is 0 Å². The second kappa shape index (κ2) is 5.75. The monoisotopic (exact) mass is 273 g/mol. The maximum atomic E-state index is 13.0. The molecule has 2 N–H and O–H groups in total. The van der Waals surface area contributed by atoms with Crippen molar-refractivity contribution in [3.05, 3.63) is 42.1 Å². The lowest BCUT2D eigenvalue weighted by Crippen LogP contribution is -2.16. The molecule has 0 aliphatic heterocycles. The Kier molecular flexibility index (Phi) is 3.83. The normalized spacial score (nSPS) is 16.5. The van der Waals surface area contributed by atoms with E-state index in [-0.39, 0.29) is 5.82 Å². The second-order valence-corrected chi connectivity index (χ2v) is 5.45. The van der Waals surface area contributed by atoms with Gasteiger partial charge < -0.3 is 10.3 Å². The fourth-order valence-electron chi connectivity index (χ4n) is 3.02. The van der Waals surface area contributed by atoms with Crippen molar-refractivity contribution in [2.75, 3.05) is 0 Å². The van der Waals surface area contributed by atoms with E-state index < -0.39 is 0 Å². The van der Waals surface area contributed by atoms with Crippen LogP contribution >= 0.6 is 0 Å². The molecule has 2 aromatic rings. The minimum atomic E-state index is -0.223. The van der Waals surface area contributed by atoms with Crippen molar-refractivity contribution in [3.8, 4) is 11.3 Å². The van der Waals surface area contributed by atoms with Crippen LogP contribution in [0.1, 0.15) is 44.0 Å². The standard InChI is InChI=1S/C16H20FN3/c17-13-8-6-12(7-9-13)15-11-20(16(10-18)19-15)14-4-2-1-3-5-14/h6-9,11,14H,1-5,10,18H2. The molecule has 1 saturated carbocycles. The molecule has 1 fully saturated rings. The fraction of sp³-hybridized carbons (Fsp3) is 0.438. The van der Waals surface area contributed by atoms with Gasteiger partial charge in [-0.1, -0.05) is 19.3 Å². The van der Waals surface area contributed by atoms with Gasteiger partial charge in [0, 0.05) is 17.8 Å². The van der Waals surface area contributed by atoms with Crippen molar-refractivity contribution >= 4 is 0 Å². The van der Waals surface area contributed by atoms with Crippen LogP contribution in [0, 0.1) is 5.82 Å². The molecule has 1 aromatic carbocycles. The van der Waals surface area contributed by atoms with Crippen molar-refractivity contribution in [2.45, 2.75) is 44.7 Å².